The highest BCUT2D eigenvalue weighted by Crippen LogP contribution is 2.12. The summed E-state index contributed by atoms with van der Waals surface area (Å²) in [6.45, 7) is -0.293. The lowest BCUT2D eigenvalue weighted by Gasteiger charge is -2.08. The monoisotopic (exact) mass is 252 g/mol. The molecule has 0 aliphatic carbocycles. The normalized spacial score (nSPS) is 11.8. The van der Waals surface area contributed by atoms with Crippen molar-refractivity contribution in [3.05, 3.63) is 29.8 Å². The first-order chi connectivity index (χ1) is 8.50. The molecule has 6 nitrogen and oxygen atoms in total. The zero-order chi connectivity index (χ0) is 13.5. The molecular formula is C12H16N2O4. The van der Waals surface area contributed by atoms with E-state index in [1.54, 1.807) is 6.07 Å². The van der Waals surface area contributed by atoms with Crippen LogP contribution in [0.15, 0.2) is 24.3 Å². The Kier molecular flexibility index (Phi) is 5.13. The lowest BCUT2D eigenvalue weighted by molar-refractivity contribution is -0.146. The maximum Gasteiger partial charge on any atom is 0.334 e. The first kappa shape index (κ1) is 14.0. The van der Waals surface area contributed by atoms with Crippen LogP contribution in [0.5, 0.6) is 0 Å². The van der Waals surface area contributed by atoms with Crippen LogP contribution in [0.2, 0.25) is 0 Å². The van der Waals surface area contributed by atoms with Crippen LogP contribution in [0.25, 0.3) is 0 Å². The number of hydrogen-bond donors (Lipinski definition) is 4. The molecule has 0 bridgehead atoms. The predicted octanol–water partition coefficient (Wildman–Crippen LogP) is -0.237. The molecular weight excluding hydrogens is 236 g/mol. The van der Waals surface area contributed by atoms with E-state index in [0.717, 1.165) is 5.56 Å². The number of rotatable bonds is 6. The second kappa shape index (κ2) is 6.61. The van der Waals surface area contributed by atoms with Crippen molar-refractivity contribution in [2.24, 2.45) is 0 Å². The molecule has 18 heavy (non-hydrogen) atoms. The van der Waals surface area contributed by atoms with Gasteiger partial charge >= 0.3 is 5.97 Å². The number of carboxylic acids is 1. The van der Waals surface area contributed by atoms with Crippen molar-refractivity contribution in [2.75, 3.05) is 12.3 Å². The summed E-state index contributed by atoms with van der Waals surface area (Å²) in [6, 6.07) is 7.22. The Bertz CT molecular complexity index is 434. The standard InChI is InChI=1S/C12H16N2O4/c13-9-4-2-1-3-8(9)5-6-11(16)14-7-10(15)12(17)18/h1-4,10,15H,5-7,13H2,(H,14,16)(H,17,18)/t10-/m0/s1. The number of aliphatic hydroxyl groups is 1. The van der Waals surface area contributed by atoms with Gasteiger partial charge in [0.2, 0.25) is 5.91 Å². The third-order valence-corrected chi connectivity index (χ3v) is 2.45. The Labute approximate surface area is 104 Å². The van der Waals surface area contributed by atoms with E-state index in [9.17, 15) is 9.59 Å². The van der Waals surface area contributed by atoms with Crippen LogP contribution in [0.4, 0.5) is 5.69 Å². The lowest BCUT2D eigenvalue weighted by Crippen LogP contribution is -2.36. The lowest BCUT2D eigenvalue weighted by atomic mass is 10.1. The molecule has 5 N–H and O–H groups in total. The summed E-state index contributed by atoms with van der Waals surface area (Å²) in [6.07, 6.45) is -0.905. The van der Waals surface area contributed by atoms with Crippen molar-refractivity contribution in [2.45, 2.75) is 18.9 Å². The molecule has 0 saturated heterocycles. The molecule has 6 heteroatoms. The fraction of sp³-hybridized carbons (Fsp3) is 0.333. The van der Waals surface area contributed by atoms with Gasteiger partial charge in [-0.3, -0.25) is 4.79 Å². The van der Waals surface area contributed by atoms with E-state index in [2.05, 4.69) is 5.32 Å². The van der Waals surface area contributed by atoms with Gasteiger partial charge in [-0.2, -0.15) is 0 Å². The molecule has 98 valence electrons. The summed E-state index contributed by atoms with van der Waals surface area (Å²) in [7, 11) is 0. The van der Waals surface area contributed by atoms with Crippen molar-refractivity contribution in [3.63, 3.8) is 0 Å². The van der Waals surface area contributed by atoms with Gasteiger partial charge in [-0.15, -0.1) is 0 Å². The largest absolute Gasteiger partial charge is 0.479 e. The van der Waals surface area contributed by atoms with Gasteiger partial charge in [-0.25, -0.2) is 4.79 Å². The van der Waals surface area contributed by atoms with Gasteiger partial charge in [-0.05, 0) is 18.1 Å². The number of nitrogens with two attached hydrogens (primary N) is 1. The van der Waals surface area contributed by atoms with Crippen molar-refractivity contribution in [3.8, 4) is 0 Å². The van der Waals surface area contributed by atoms with Crippen LogP contribution >= 0.6 is 0 Å². The van der Waals surface area contributed by atoms with E-state index >= 15 is 0 Å². The summed E-state index contributed by atoms with van der Waals surface area (Å²) in [5.41, 5.74) is 7.21. The quantitative estimate of drug-likeness (QED) is 0.522. The van der Waals surface area contributed by atoms with Crippen molar-refractivity contribution in [1.29, 1.82) is 0 Å². The van der Waals surface area contributed by atoms with Crippen LogP contribution in [-0.2, 0) is 16.0 Å². The number of aliphatic hydroxyl groups excluding tert-OH is 1. The topological polar surface area (TPSA) is 113 Å². The van der Waals surface area contributed by atoms with Crippen LogP contribution < -0.4 is 11.1 Å². The van der Waals surface area contributed by atoms with E-state index < -0.39 is 12.1 Å². The molecule has 0 aromatic heterocycles. The van der Waals surface area contributed by atoms with Gasteiger partial charge in [0.05, 0.1) is 6.54 Å². The predicted molar refractivity (Wildman–Crippen MR) is 65.8 cm³/mol. The SMILES string of the molecule is Nc1ccccc1CCC(=O)NC[C@H](O)C(=O)O. The Morgan fingerprint density at radius 2 is 2.00 bits per heavy atom. The fourth-order valence-electron chi connectivity index (χ4n) is 1.40. The third-order valence-electron chi connectivity index (χ3n) is 2.45. The number of para-hydroxylation sites is 1. The molecule has 1 amide bonds. The molecule has 1 aromatic carbocycles. The van der Waals surface area contributed by atoms with Crippen molar-refractivity contribution < 1.29 is 19.8 Å². The summed E-state index contributed by atoms with van der Waals surface area (Å²) in [5.74, 6) is -1.68. The molecule has 0 aliphatic heterocycles. The maximum atomic E-state index is 11.4. The zero-order valence-corrected chi connectivity index (χ0v) is 9.80. The number of nitrogens with one attached hydrogen (secondary N) is 1. The molecule has 0 radical (unpaired) electrons. The van der Waals surface area contributed by atoms with E-state index in [1.807, 2.05) is 18.2 Å². The van der Waals surface area contributed by atoms with E-state index in [1.165, 1.54) is 0 Å². The number of aliphatic carboxylic acids is 1. The number of amides is 1. The average molecular weight is 252 g/mol. The van der Waals surface area contributed by atoms with Gasteiger partial charge in [-0.1, -0.05) is 18.2 Å². The van der Waals surface area contributed by atoms with Gasteiger partial charge in [0.15, 0.2) is 6.10 Å². The summed E-state index contributed by atoms with van der Waals surface area (Å²) >= 11 is 0. The Balaban J connectivity index is 2.34. The second-order valence-corrected chi connectivity index (χ2v) is 3.86. The van der Waals surface area contributed by atoms with E-state index in [4.69, 9.17) is 15.9 Å². The number of anilines is 1. The smallest absolute Gasteiger partial charge is 0.334 e. The minimum absolute atomic E-state index is 0.195. The number of carbonyl (C=O) groups excluding carboxylic acids is 1. The molecule has 0 fully saturated rings. The van der Waals surface area contributed by atoms with Gasteiger partial charge in [0.25, 0.3) is 0 Å². The molecule has 0 spiro atoms. The minimum atomic E-state index is -1.57. The Hall–Kier alpha value is -2.08. The number of carbonyl (C=O) groups is 2. The molecule has 1 atom stereocenters. The number of nitrogen functional groups attached to an aromatic ring is 1. The van der Waals surface area contributed by atoms with E-state index in [0.29, 0.717) is 12.1 Å². The number of benzene rings is 1. The molecule has 0 unspecified atom stereocenters. The number of hydrogen-bond acceptors (Lipinski definition) is 4. The molecule has 1 rings (SSSR count). The highest BCUT2D eigenvalue weighted by molar-refractivity contribution is 5.78. The first-order valence-electron chi connectivity index (χ1n) is 5.51. The third kappa shape index (κ3) is 4.42. The van der Waals surface area contributed by atoms with Crippen LogP contribution in [0.3, 0.4) is 0 Å². The molecule has 0 saturated carbocycles. The fourth-order valence-corrected chi connectivity index (χ4v) is 1.40. The van der Waals surface area contributed by atoms with Gasteiger partial charge in [0, 0.05) is 12.1 Å². The van der Waals surface area contributed by atoms with E-state index in [-0.39, 0.29) is 18.9 Å². The van der Waals surface area contributed by atoms with Gasteiger partial charge in [0.1, 0.15) is 0 Å². The van der Waals surface area contributed by atoms with Crippen LogP contribution in [-0.4, -0.2) is 34.7 Å². The zero-order valence-electron chi connectivity index (χ0n) is 9.80. The van der Waals surface area contributed by atoms with Crippen LogP contribution in [0.1, 0.15) is 12.0 Å². The second-order valence-electron chi connectivity index (χ2n) is 3.86. The minimum Gasteiger partial charge on any atom is -0.479 e. The number of aryl methyl sites for hydroxylation is 1. The van der Waals surface area contributed by atoms with Crippen molar-refractivity contribution in [1.82, 2.24) is 5.32 Å². The summed E-state index contributed by atoms with van der Waals surface area (Å²) < 4.78 is 0. The van der Waals surface area contributed by atoms with Gasteiger partial charge < -0.3 is 21.3 Å². The Morgan fingerprint density at radius 3 is 2.61 bits per heavy atom. The Morgan fingerprint density at radius 1 is 1.33 bits per heavy atom. The molecule has 0 heterocycles. The number of carboxylic acid groups (broad SMARTS) is 1. The first-order valence-corrected chi connectivity index (χ1v) is 5.51. The molecule has 1 aromatic rings. The maximum absolute atomic E-state index is 11.4. The summed E-state index contributed by atoms with van der Waals surface area (Å²) in [5, 5.41) is 19.7. The highest BCUT2D eigenvalue weighted by atomic mass is 16.4. The molecule has 0 aliphatic rings. The summed E-state index contributed by atoms with van der Waals surface area (Å²) in [4.78, 5) is 21.7. The van der Waals surface area contributed by atoms with Crippen molar-refractivity contribution >= 4 is 17.6 Å². The highest BCUT2D eigenvalue weighted by Gasteiger charge is 2.14. The van der Waals surface area contributed by atoms with Crippen LogP contribution in [0, 0.1) is 0 Å². The average Bonchev–Trinajstić information content (AvgIpc) is 2.34.